The molecule has 1 aliphatic heterocycles. The molecule has 1 fully saturated rings. The number of nitrogens with two attached hydrogens (primary N) is 1. The van der Waals surface area contributed by atoms with E-state index in [1.165, 1.54) is 0 Å². The van der Waals surface area contributed by atoms with Crippen LogP contribution in [0.3, 0.4) is 0 Å². The summed E-state index contributed by atoms with van der Waals surface area (Å²) in [5.74, 6) is -0.418. The van der Waals surface area contributed by atoms with Crippen molar-refractivity contribution in [3.8, 4) is 0 Å². The summed E-state index contributed by atoms with van der Waals surface area (Å²) in [6.45, 7) is 7.85. The average molecular weight is 390 g/mol. The van der Waals surface area contributed by atoms with Crippen molar-refractivity contribution >= 4 is 41.5 Å². The third-order valence-corrected chi connectivity index (χ3v) is 4.29. The molecule has 0 saturated carbocycles. The Kier molecular flexibility index (Phi) is 7.68. The zero-order valence-corrected chi connectivity index (χ0v) is 16.2. The Balaban J connectivity index is 0.00000312. The highest BCUT2D eigenvalue weighted by atomic mass is 35.5. The second-order valence-corrected chi connectivity index (χ2v) is 7.34. The normalized spacial score (nSPS) is 16.0. The summed E-state index contributed by atoms with van der Waals surface area (Å²) in [6, 6.07) is 4.21. The summed E-state index contributed by atoms with van der Waals surface area (Å²) in [5, 5.41) is 3.04. The van der Waals surface area contributed by atoms with Crippen LogP contribution in [0, 0.1) is 5.41 Å². The lowest BCUT2D eigenvalue weighted by molar-refractivity contribution is -0.119. The minimum absolute atomic E-state index is 0. The van der Waals surface area contributed by atoms with Crippen molar-refractivity contribution in [2.75, 3.05) is 31.6 Å². The number of anilines is 1. The van der Waals surface area contributed by atoms with Gasteiger partial charge in [0.25, 0.3) is 5.91 Å². The second kappa shape index (κ2) is 8.85. The molecule has 0 aromatic heterocycles. The number of halogens is 2. The molecule has 1 aromatic carbocycles. The zero-order valence-electron chi connectivity index (χ0n) is 14.7. The van der Waals surface area contributed by atoms with E-state index in [1.54, 1.807) is 23.1 Å². The average Bonchev–Trinajstić information content (AvgIpc) is 2.53. The molecule has 25 heavy (non-hydrogen) atoms. The van der Waals surface area contributed by atoms with Gasteiger partial charge in [-0.05, 0) is 23.6 Å². The minimum Gasteiger partial charge on any atom is -0.378 e. The van der Waals surface area contributed by atoms with Crippen LogP contribution in [-0.4, -0.2) is 49.1 Å². The van der Waals surface area contributed by atoms with E-state index in [0.717, 1.165) is 0 Å². The standard InChI is InChI=1S/C17H24ClN3O3.ClH/c1-17(2,3)14(19)15(22)20-11-4-5-12(13(18)10-11)16(23)21-6-8-24-9-7-21;/h4-5,10,14H,6-9,19H2,1-3H3,(H,20,22);1H/t14-;/m1./s1. The second-order valence-electron chi connectivity index (χ2n) is 6.93. The Labute approximate surface area is 159 Å². The number of ether oxygens (including phenoxy) is 1. The highest BCUT2D eigenvalue weighted by molar-refractivity contribution is 6.34. The van der Waals surface area contributed by atoms with Crippen molar-refractivity contribution in [1.29, 1.82) is 0 Å². The molecule has 6 nitrogen and oxygen atoms in total. The van der Waals surface area contributed by atoms with Crippen molar-refractivity contribution in [3.05, 3.63) is 28.8 Å². The van der Waals surface area contributed by atoms with Crippen molar-refractivity contribution in [3.63, 3.8) is 0 Å². The molecule has 0 aliphatic carbocycles. The summed E-state index contributed by atoms with van der Waals surface area (Å²) in [4.78, 5) is 26.3. The minimum atomic E-state index is -0.647. The molecular weight excluding hydrogens is 365 g/mol. The maximum atomic E-state index is 12.5. The molecular formula is C17H25Cl2N3O3. The molecule has 8 heteroatoms. The van der Waals surface area contributed by atoms with E-state index in [1.807, 2.05) is 20.8 Å². The maximum absolute atomic E-state index is 12.5. The molecule has 1 aliphatic rings. The fraction of sp³-hybridized carbons (Fsp3) is 0.529. The Morgan fingerprint density at radius 2 is 1.88 bits per heavy atom. The third kappa shape index (κ3) is 5.57. The van der Waals surface area contributed by atoms with Gasteiger partial charge in [-0.1, -0.05) is 32.4 Å². The van der Waals surface area contributed by atoms with Crippen molar-refractivity contribution < 1.29 is 14.3 Å². The lowest BCUT2D eigenvalue weighted by Crippen LogP contribution is -2.45. The lowest BCUT2D eigenvalue weighted by atomic mass is 9.87. The summed E-state index contributed by atoms with van der Waals surface area (Å²) in [7, 11) is 0. The molecule has 1 atom stereocenters. The molecule has 2 rings (SSSR count). The van der Waals surface area contributed by atoms with Gasteiger partial charge >= 0.3 is 0 Å². The molecule has 1 saturated heterocycles. The van der Waals surface area contributed by atoms with Crippen LogP contribution in [0.2, 0.25) is 5.02 Å². The third-order valence-electron chi connectivity index (χ3n) is 3.98. The van der Waals surface area contributed by atoms with Crippen LogP contribution in [0.15, 0.2) is 18.2 Å². The summed E-state index contributed by atoms with van der Waals surface area (Å²) < 4.78 is 5.24. The topological polar surface area (TPSA) is 84.7 Å². The molecule has 1 heterocycles. The highest BCUT2D eigenvalue weighted by Gasteiger charge is 2.28. The lowest BCUT2D eigenvalue weighted by Gasteiger charge is -2.27. The Morgan fingerprint density at radius 1 is 1.28 bits per heavy atom. The molecule has 3 N–H and O–H groups in total. The molecule has 0 spiro atoms. The fourth-order valence-electron chi connectivity index (χ4n) is 2.32. The number of morpholine rings is 1. The first kappa shape index (κ1) is 21.7. The summed E-state index contributed by atoms with van der Waals surface area (Å²) in [5.41, 5.74) is 6.52. The molecule has 1 aromatic rings. The molecule has 0 unspecified atom stereocenters. The van der Waals surface area contributed by atoms with E-state index >= 15 is 0 Å². The van der Waals surface area contributed by atoms with Crippen LogP contribution in [0.1, 0.15) is 31.1 Å². The number of benzene rings is 1. The first-order valence-corrected chi connectivity index (χ1v) is 8.31. The van der Waals surface area contributed by atoms with Crippen molar-refractivity contribution in [2.45, 2.75) is 26.8 Å². The van der Waals surface area contributed by atoms with Gasteiger partial charge < -0.3 is 20.7 Å². The highest BCUT2D eigenvalue weighted by Crippen LogP contribution is 2.24. The maximum Gasteiger partial charge on any atom is 0.255 e. The quantitative estimate of drug-likeness (QED) is 0.831. The first-order chi connectivity index (χ1) is 11.2. The van der Waals surface area contributed by atoms with E-state index in [4.69, 9.17) is 22.1 Å². The number of carbonyl (C=O) groups is 2. The number of nitrogens with zero attached hydrogens (tertiary/aromatic N) is 1. The van der Waals surface area contributed by atoms with Crippen molar-refractivity contribution in [2.24, 2.45) is 11.1 Å². The van der Waals surface area contributed by atoms with Gasteiger partial charge in [0.05, 0.1) is 29.8 Å². The van der Waals surface area contributed by atoms with Crippen molar-refractivity contribution in [1.82, 2.24) is 4.90 Å². The number of hydrogen-bond donors (Lipinski definition) is 2. The molecule has 2 amide bonds. The number of rotatable bonds is 3. The van der Waals surface area contributed by atoms with Gasteiger partial charge in [0.15, 0.2) is 0 Å². The molecule has 0 bridgehead atoms. The zero-order chi connectivity index (χ0) is 17.9. The van der Waals surface area contributed by atoms with Gasteiger partial charge in [-0.2, -0.15) is 0 Å². The first-order valence-electron chi connectivity index (χ1n) is 7.93. The number of hydrogen-bond acceptors (Lipinski definition) is 4. The van der Waals surface area contributed by atoms with E-state index in [-0.39, 0.29) is 29.6 Å². The van der Waals surface area contributed by atoms with Crippen LogP contribution >= 0.6 is 24.0 Å². The van der Waals surface area contributed by atoms with Gasteiger partial charge in [0.2, 0.25) is 5.91 Å². The summed E-state index contributed by atoms with van der Waals surface area (Å²) in [6.07, 6.45) is 0. The van der Waals surface area contributed by atoms with E-state index < -0.39 is 6.04 Å². The Hall–Kier alpha value is -1.34. The van der Waals surface area contributed by atoms with E-state index in [9.17, 15) is 9.59 Å². The van der Waals surface area contributed by atoms with Gasteiger partial charge in [0, 0.05) is 18.8 Å². The predicted molar refractivity (Wildman–Crippen MR) is 101 cm³/mol. The van der Waals surface area contributed by atoms with Gasteiger partial charge in [0.1, 0.15) is 0 Å². The number of amides is 2. The predicted octanol–water partition coefficient (Wildman–Crippen LogP) is 2.55. The Morgan fingerprint density at radius 3 is 2.40 bits per heavy atom. The van der Waals surface area contributed by atoms with E-state index in [0.29, 0.717) is 42.6 Å². The smallest absolute Gasteiger partial charge is 0.255 e. The monoisotopic (exact) mass is 389 g/mol. The number of nitrogens with one attached hydrogen (secondary N) is 1. The largest absolute Gasteiger partial charge is 0.378 e. The fourth-order valence-corrected chi connectivity index (χ4v) is 2.58. The van der Waals surface area contributed by atoms with E-state index in [2.05, 4.69) is 5.32 Å². The van der Waals surface area contributed by atoms with Gasteiger partial charge in [-0.25, -0.2) is 0 Å². The molecule has 140 valence electrons. The van der Waals surface area contributed by atoms with Gasteiger partial charge in [-0.15, -0.1) is 12.4 Å². The molecule has 0 radical (unpaired) electrons. The van der Waals surface area contributed by atoms with Crippen LogP contribution in [0.5, 0.6) is 0 Å². The van der Waals surface area contributed by atoms with Crippen LogP contribution in [0.25, 0.3) is 0 Å². The van der Waals surface area contributed by atoms with Crippen LogP contribution < -0.4 is 11.1 Å². The van der Waals surface area contributed by atoms with Crippen LogP contribution in [0.4, 0.5) is 5.69 Å². The Bertz CT molecular complexity index is 626. The summed E-state index contributed by atoms with van der Waals surface area (Å²) >= 11 is 6.24. The SMILES string of the molecule is CC(C)(C)[C@H](N)C(=O)Nc1ccc(C(=O)N2CCOCC2)c(Cl)c1.Cl. The van der Waals surface area contributed by atoms with Crippen LogP contribution in [-0.2, 0) is 9.53 Å². The number of carbonyl (C=O) groups excluding carboxylic acids is 2. The van der Waals surface area contributed by atoms with Gasteiger partial charge in [-0.3, -0.25) is 9.59 Å².